The third-order valence-corrected chi connectivity index (χ3v) is 13.0. The van der Waals surface area contributed by atoms with Gasteiger partial charge in [0.15, 0.2) is 5.96 Å². The van der Waals surface area contributed by atoms with E-state index in [0.29, 0.717) is 113 Å². The summed E-state index contributed by atoms with van der Waals surface area (Å²) in [6.07, 6.45) is -9.82. The molecule has 0 spiro atoms. The fourth-order valence-electron chi connectivity index (χ4n) is 8.55. The average Bonchev–Trinajstić information content (AvgIpc) is 2.37. The highest BCUT2D eigenvalue weighted by Crippen LogP contribution is 2.38. The highest BCUT2D eigenvalue weighted by Gasteiger charge is 2.40. The molecule has 2 saturated heterocycles. The van der Waals surface area contributed by atoms with Crippen LogP contribution in [0.2, 0.25) is 0 Å². The van der Waals surface area contributed by atoms with Gasteiger partial charge < -0.3 is 58.7 Å². The molecule has 2 aromatic carbocycles. The Bertz CT molecular complexity index is 2630. The van der Waals surface area contributed by atoms with Crippen molar-refractivity contribution < 1.29 is 103 Å². The Morgan fingerprint density at radius 3 is 1.74 bits per heavy atom. The number of anilines is 3. The summed E-state index contributed by atoms with van der Waals surface area (Å²) >= 11 is 0. The van der Waals surface area contributed by atoms with E-state index in [9.17, 15) is 73.1 Å². The van der Waals surface area contributed by atoms with Crippen molar-refractivity contribution in [3.63, 3.8) is 0 Å². The number of rotatable bonds is 22. The molecule has 26 nitrogen and oxygen atoms in total. The Kier molecular flexibility index (Phi) is 31.1. The zero-order chi connectivity index (χ0) is 65.8. The number of piperidine rings is 1. The van der Waals surface area contributed by atoms with Crippen molar-refractivity contribution in [2.45, 2.75) is 108 Å². The Balaban J connectivity index is 0.00000104. The minimum absolute atomic E-state index is 0.0466. The van der Waals surface area contributed by atoms with Gasteiger partial charge >= 0.3 is 36.4 Å². The second kappa shape index (κ2) is 36.1. The van der Waals surface area contributed by atoms with Gasteiger partial charge in [-0.25, -0.2) is 14.4 Å². The molecule has 14 N–H and O–H groups in total. The quantitative estimate of drug-likeness (QED) is 0.0348. The molecular formula is C52H72F9N13O13. The summed E-state index contributed by atoms with van der Waals surface area (Å²) in [6.45, 7) is 8.91. The van der Waals surface area contributed by atoms with Crippen LogP contribution >= 0.6 is 0 Å². The van der Waals surface area contributed by atoms with Crippen LogP contribution in [0.3, 0.4) is 0 Å². The fraction of sp³-hybridized carbons (Fsp3) is 0.558. The number of alkyl halides is 9. The summed E-state index contributed by atoms with van der Waals surface area (Å²) in [5, 5.41) is 35.3. The lowest BCUT2D eigenvalue weighted by atomic mass is 9.92. The number of hydrogen-bond acceptors (Lipinski definition) is 15. The van der Waals surface area contributed by atoms with Crippen LogP contribution in [-0.2, 0) is 43.2 Å². The highest BCUT2D eigenvalue weighted by atomic mass is 19.4. The SMILES string of the molecule is CC(=O)NC(=O)[C@H](CCCCN)NC(=O)[C@H](C)NC(=O)[C@H](CCCN=C(N)N)NCCN1CCN(C(=O)CCC2CCN(CC(=O)N3c4ccccc4NC(=O)c4ccccc43)CC2)CC1.O=C(O)C(F)(F)F.O=C(O)C(F)(F)F.O=C(O)C(F)(F)F. The lowest BCUT2D eigenvalue weighted by molar-refractivity contribution is -0.193. The molecule has 0 aromatic heterocycles. The number of nitrogens with two attached hydrogens (primary N) is 3. The van der Waals surface area contributed by atoms with Crippen molar-refractivity contribution in [1.29, 1.82) is 0 Å². The average molecular weight is 1260 g/mol. The predicted octanol–water partition coefficient (Wildman–Crippen LogP) is 2.25. The Labute approximate surface area is 492 Å². The summed E-state index contributed by atoms with van der Waals surface area (Å²) in [6, 6.07) is 11.9. The lowest BCUT2D eigenvalue weighted by Crippen LogP contribution is -2.56. The number of carbonyl (C=O) groups is 10. The molecule has 35 heteroatoms. The number of aliphatic carboxylic acids is 3. The van der Waals surface area contributed by atoms with Crippen LogP contribution in [0.1, 0.15) is 82.0 Å². The van der Waals surface area contributed by atoms with Gasteiger partial charge in [-0.2, -0.15) is 39.5 Å². The van der Waals surface area contributed by atoms with Gasteiger partial charge in [0.1, 0.15) is 12.1 Å². The van der Waals surface area contributed by atoms with Gasteiger partial charge in [-0.3, -0.25) is 58.6 Å². The Hall–Kier alpha value is -8.18. The van der Waals surface area contributed by atoms with Crippen LogP contribution in [-0.4, -0.2) is 204 Å². The lowest BCUT2D eigenvalue weighted by Gasteiger charge is -2.36. The van der Waals surface area contributed by atoms with Crippen LogP contribution in [0.25, 0.3) is 0 Å². The first-order valence-electron chi connectivity index (χ1n) is 26.9. The number of carbonyl (C=O) groups excluding carboxylic acids is 7. The largest absolute Gasteiger partial charge is 0.490 e. The Morgan fingerprint density at radius 2 is 1.21 bits per heavy atom. The van der Waals surface area contributed by atoms with E-state index in [1.807, 2.05) is 29.2 Å². The number of guanidine groups is 1. The molecule has 486 valence electrons. The number of imide groups is 1. The maximum Gasteiger partial charge on any atom is 0.490 e. The van der Waals surface area contributed by atoms with E-state index in [1.165, 1.54) is 13.8 Å². The van der Waals surface area contributed by atoms with Crippen LogP contribution in [0.4, 0.5) is 56.6 Å². The Morgan fingerprint density at radius 1 is 0.678 bits per heavy atom. The molecule has 3 aliphatic heterocycles. The van der Waals surface area contributed by atoms with Crippen molar-refractivity contribution in [1.82, 2.24) is 36.0 Å². The fourth-order valence-corrected chi connectivity index (χ4v) is 8.55. The van der Waals surface area contributed by atoms with Crippen LogP contribution in [0.15, 0.2) is 53.5 Å². The molecule has 3 atom stereocenters. The minimum atomic E-state index is -5.08. The number of nitrogens with one attached hydrogen (secondary N) is 5. The first kappa shape index (κ1) is 74.9. The van der Waals surface area contributed by atoms with E-state index in [4.69, 9.17) is 46.9 Å². The van der Waals surface area contributed by atoms with Gasteiger partial charge in [-0.15, -0.1) is 0 Å². The third-order valence-electron chi connectivity index (χ3n) is 13.0. The molecule has 0 bridgehead atoms. The molecule has 2 fully saturated rings. The van der Waals surface area contributed by atoms with E-state index in [-0.39, 0.29) is 36.6 Å². The number of carboxylic acids is 3. The van der Waals surface area contributed by atoms with Gasteiger partial charge in [0, 0.05) is 59.2 Å². The molecule has 2 aromatic rings. The predicted molar refractivity (Wildman–Crippen MR) is 293 cm³/mol. The molecule has 0 unspecified atom stereocenters. The molecule has 7 amide bonds. The normalized spacial score (nSPS) is 15.6. The number of halogens is 9. The summed E-state index contributed by atoms with van der Waals surface area (Å²) in [4.78, 5) is 130. The summed E-state index contributed by atoms with van der Waals surface area (Å²) in [5.74, 6) is -10.3. The number of likely N-dealkylation sites (tertiary alicyclic amines) is 1. The number of hydrogen-bond donors (Lipinski definition) is 11. The van der Waals surface area contributed by atoms with E-state index >= 15 is 0 Å². The number of aliphatic imine (C=N–C) groups is 1. The van der Waals surface area contributed by atoms with Crippen LogP contribution in [0, 0.1) is 5.92 Å². The number of para-hydroxylation sites is 3. The number of amides is 7. The minimum Gasteiger partial charge on any atom is -0.475 e. The van der Waals surface area contributed by atoms with Crippen molar-refractivity contribution >= 4 is 82.3 Å². The van der Waals surface area contributed by atoms with Gasteiger partial charge in [0.05, 0.1) is 35.2 Å². The monoisotopic (exact) mass is 1260 g/mol. The van der Waals surface area contributed by atoms with Crippen molar-refractivity contribution in [3.8, 4) is 0 Å². The van der Waals surface area contributed by atoms with Crippen molar-refractivity contribution in [2.75, 3.05) is 82.2 Å². The molecule has 0 radical (unpaired) electrons. The van der Waals surface area contributed by atoms with E-state index in [1.54, 1.807) is 29.2 Å². The maximum atomic E-state index is 13.9. The van der Waals surface area contributed by atoms with E-state index in [0.717, 1.165) is 32.4 Å². The van der Waals surface area contributed by atoms with E-state index < -0.39 is 78.2 Å². The molecular weight excluding hydrogens is 1190 g/mol. The highest BCUT2D eigenvalue weighted by molar-refractivity contribution is 6.18. The van der Waals surface area contributed by atoms with Crippen LogP contribution in [0.5, 0.6) is 0 Å². The molecule has 3 heterocycles. The van der Waals surface area contributed by atoms with Crippen molar-refractivity contribution in [3.05, 3.63) is 54.1 Å². The molecule has 0 saturated carbocycles. The number of unbranched alkanes of at least 4 members (excludes halogenated alkanes) is 1. The van der Waals surface area contributed by atoms with Crippen molar-refractivity contribution in [2.24, 2.45) is 28.1 Å². The molecule has 87 heavy (non-hydrogen) atoms. The third kappa shape index (κ3) is 27.8. The second-order valence-electron chi connectivity index (χ2n) is 19.7. The molecule has 3 aliphatic rings. The topological polar surface area (TPSA) is 395 Å². The smallest absolute Gasteiger partial charge is 0.475 e. The van der Waals surface area contributed by atoms with Gasteiger partial charge in [-0.05, 0) is 108 Å². The summed E-state index contributed by atoms with van der Waals surface area (Å²) in [7, 11) is 0. The van der Waals surface area contributed by atoms with Gasteiger partial charge in [0.25, 0.3) is 5.91 Å². The number of carboxylic acid groups (broad SMARTS) is 3. The standard InChI is InChI=1S/C46H69N13O7.3C2HF3O2/c1-31(42(63)55-37(12-7-8-20-47)45(66)53-32(2)60)52-44(65)36(13-9-21-51-46(48)49)50-22-25-56-26-28-58(29-27-56)40(61)17-16-33-18-23-57(24-19-33)30-41(62)59-38-14-5-3-10-34(38)43(64)54-35-11-4-6-15-39(35)59;3*3-2(4,5)1(6)7/h3-6,10-11,14-15,31,33,36-37,50H,7-9,12-13,16-30,47H2,1-2H3,(H,52,65)(H,54,64)(H,55,63)(H4,48,49,51)(H,53,60,66);3*(H,6,7)/t31-,36-,37-;;;/m0.../s1. The zero-order valence-electron chi connectivity index (χ0n) is 47.4. The summed E-state index contributed by atoms with van der Waals surface area (Å²) < 4.78 is 95.2. The zero-order valence-corrected chi connectivity index (χ0v) is 47.4. The molecule has 5 rings (SSSR count). The summed E-state index contributed by atoms with van der Waals surface area (Å²) in [5.41, 5.74) is 18.8. The van der Waals surface area contributed by atoms with E-state index in [2.05, 4.69) is 41.4 Å². The first-order valence-corrected chi connectivity index (χ1v) is 26.9. The maximum absolute atomic E-state index is 13.9. The number of benzene rings is 2. The van der Waals surface area contributed by atoms with Gasteiger partial charge in [-0.1, -0.05) is 24.3 Å². The first-order chi connectivity index (χ1) is 40.6. The number of fused-ring (bicyclic) bond motifs is 2. The van der Waals surface area contributed by atoms with Crippen LogP contribution < -0.4 is 48.7 Å². The van der Waals surface area contributed by atoms with Gasteiger partial charge in [0.2, 0.25) is 35.4 Å². The second-order valence-corrected chi connectivity index (χ2v) is 19.7. The number of nitrogens with zero attached hydrogens (tertiary/aromatic N) is 5. The number of piperazine rings is 1. The molecule has 0 aliphatic carbocycles.